The number of benzene rings is 3. The number of anilines is 1. The van der Waals surface area contributed by atoms with Crippen molar-refractivity contribution in [2.75, 3.05) is 12.4 Å². The summed E-state index contributed by atoms with van der Waals surface area (Å²) in [6, 6.07) is 21.5. The third-order valence-electron chi connectivity index (χ3n) is 4.50. The molecule has 0 unspecified atom stereocenters. The van der Waals surface area contributed by atoms with Gasteiger partial charge in [0.2, 0.25) is 0 Å². The zero-order valence-corrected chi connectivity index (χ0v) is 21.2. The summed E-state index contributed by atoms with van der Waals surface area (Å²) < 4.78 is 12.4. The molecule has 3 aromatic rings. The molecule has 1 N–H and O–H groups in total. The lowest BCUT2D eigenvalue weighted by atomic mass is 10.1. The van der Waals surface area contributed by atoms with Gasteiger partial charge < -0.3 is 14.8 Å². The van der Waals surface area contributed by atoms with Crippen molar-refractivity contribution in [1.29, 1.82) is 5.26 Å². The summed E-state index contributed by atoms with van der Waals surface area (Å²) in [5.41, 5.74) is 2.51. The highest BCUT2D eigenvalue weighted by Crippen LogP contribution is 2.25. The van der Waals surface area contributed by atoms with Crippen molar-refractivity contribution < 1.29 is 19.1 Å². The van der Waals surface area contributed by atoms with E-state index in [4.69, 9.17) is 4.74 Å². The van der Waals surface area contributed by atoms with Gasteiger partial charge >= 0.3 is 5.97 Å². The zero-order chi connectivity index (χ0) is 23.8. The molecule has 3 aromatic carbocycles. The highest BCUT2D eigenvalue weighted by molar-refractivity contribution is 14.1. The molecule has 0 aliphatic carbocycles. The molecule has 0 radical (unpaired) electrons. The number of hydrogen-bond acceptors (Lipinski definition) is 5. The molecular weight excluding hydrogens is 599 g/mol. The van der Waals surface area contributed by atoms with Crippen LogP contribution in [0.5, 0.6) is 5.75 Å². The smallest absolute Gasteiger partial charge is 0.337 e. The average molecular weight is 617 g/mol. The van der Waals surface area contributed by atoms with Gasteiger partial charge in [0, 0.05) is 10.2 Å². The van der Waals surface area contributed by atoms with Gasteiger partial charge in [0.1, 0.15) is 24.0 Å². The topological polar surface area (TPSA) is 88.4 Å². The number of esters is 1. The fourth-order valence-corrected chi connectivity index (χ4v) is 3.75. The van der Waals surface area contributed by atoms with Gasteiger partial charge in [0.15, 0.2) is 0 Å². The molecule has 1 amide bonds. The van der Waals surface area contributed by atoms with Crippen LogP contribution in [-0.2, 0) is 16.1 Å². The minimum atomic E-state index is -0.547. The van der Waals surface area contributed by atoms with Gasteiger partial charge in [-0.25, -0.2) is 4.79 Å². The van der Waals surface area contributed by atoms with E-state index in [9.17, 15) is 14.9 Å². The van der Waals surface area contributed by atoms with Crippen LogP contribution in [0.1, 0.15) is 21.5 Å². The second-order valence-electron chi connectivity index (χ2n) is 6.80. The Balaban J connectivity index is 1.67. The Morgan fingerprint density at radius 1 is 1.09 bits per heavy atom. The largest absolute Gasteiger partial charge is 0.488 e. The van der Waals surface area contributed by atoms with Crippen molar-refractivity contribution >= 4 is 62.2 Å². The van der Waals surface area contributed by atoms with E-state index in [1.165, 1.54) is 25.3 Å². The Morgan fingerprint density at radius 3 is 2.39 bits per heavy atom. The fourth-order valence-electron chi connectivity index (χ4n) is 2.79. The minimum Gasteiger partial charge on any atom is -0.488 e. The lowest BCUT2D eigenvalue weighted by molar-refractivity contribution is -0.112. The van der Waals surface area contributed by atoms with E-state index in [2.05, 4.69) is 48.6 Å². The van der Waals surface area contributed by atoms with Crippen molar-refractivity contribution in [3.8, 4) is 11.8 Å². The maximum absolute atomic E-state index is 12.5. The molecule has 0 heterocycles. The van der Waals surface area contributed by atoms with Crippen LogP contribution >= 0.6 is 38.5 Å². The second-order valence-corrected chi connectivity index (χ2v) is 8.88. The predicted molar refractivity (Wildman–Crippen MR) is 138 cm³/mol. The van der Waals surface area contributed by atoms with E-state index in [0.29, 0.717) is 29.2 Å². The number of carbonyl (C=O) groups excluding carboxylic acids is 2. The predicted octanol–water partition coefficient (Wildman–Crippen LogP) is 5.96. The van der Waals surface area contributed by atoms with E-state index in [-0.39, 0.29) is 5.57 Å². The number of nitriles is 1. The van der Waals surface area contributed by atoms with Crippen molar-refractivity contribution in [3.63, 3.8) is 0 Å². The Labute approximate surface area is 213 Å². The number of rotatable bonds is 7. The summed E-state index contributed by atoms with van der Waals surface area (Å²) in [5, 5.41) is 12.1. The third kappa shape index (κ3) is 6.91. The summed E-state index contributed by atoms with van der Waals surface area (Å²) >= 11 is 5.57. The highest BCUT2D eigenvalue weighted by Gasteiger charge is 2.12. The number of hydrogen-bond donors (Lipinski definition) is 1. The first-order valence-corrected chi connectivity index (χ1v) is 11.5. The van der Waals surface area contributed by atoms with Crippen LogP contribution < -0.4 is 10.1 Å². The SMILES string of the molecule is COC(=O)c1ccc(NC(=O)/C(C#N)=C/c2ccc(OCc3ccc(Br)cc3)c(I)c2)cc1. The van der Waals surface area contributed by atoms with E-state index < -0.39 is 11.9 Å². The van der Waals surface area contributed by atoms with E-state index in [0.717, 1.165) is 13.6 Å². The summed E-state index contributed by atoms with van der Waals surface area (Å²) in [5.74, 6) is -0.303. The normalized spacial score (nSPS) is 10.8. The molecule has 0 atom stereocenters. The van der Waals surface area contributed by atoms with Crippen molar-refractivity contribution in [3.05, 3.63) is 97.0 Å². The average Bonchev–Trinajstić information content (AvgIpc) is 2.83. The molecule has 6 nitrogen and oxygen atoms in total. The molecule has 0 aromatic heterocycles. The Morgan fingerprint density at radius 2 is 1.79 bits per heavy atom. The Bertz CT molecular complexity index is 1230. The molecule has 3 rings (SSSR count). The second kappa shape index (κ2) is 11.6. The van der Waals surface area contributed by atoms with Crippen LogP contribution in [-0.4, -0.2) is 19.0 Å². The maximum Gasteiger partial charge on any atom is 0.337 e. The lowest BCUT2D eigenvalue weighted by Gasteiger charge is -2.09. The van der Waals surface area contributed by atoms with Crippen molar-refractivity contribution in [1.82, 2.24) is 0 Å². The van der Waals surface area contributed by atoms with Gasteiger partial charge in [-0.15, -0.1) is 0 Å². The number of nitrogens with one attached hydrogen (secondary N) is 1. The summed E-state index contributed by atoms with van der Waals surface area (Å²) in [4.78, 5) is 24.0. The molecule has 33 heavy (non-hydrogen) atoms. The van der Waals surface area contributed by atoms with Crippen LogP contribution in [0.15, 0.2) is 76.8 Å². The first-order chi connectivity index (χ1) is 15.9. The monoisotopic (exact) mass is 616 g/mol. The van der Waals surface area contributed by atoms with Gasteiger partial charge in [0.25, 0.3) is 5.91 Å². The van der Waals surface area contributed by atoms with Crippen LogP contribution in [0.2, 0.25) is 0 Å². The third-order valence-corrected chi connectivity index (χ3v) is 5.88. The molecule has 0 saturated heterocycles. The van der Waals surface area contributed by atoms with Crippen molar-refractivity contribution in [2.24, 2.45) is 0 Å². The van der Waals surface area contributed by atoms with Gasteiger partial charge in [-0.2, -0.15) is 5.26 Å². The molecule has 0 fully saturated rings. The van der Waals surface area contributed by atoms with Crippen molar-refractivity contribution in [2.45, 2.75) is 6.61 Å². The molecule has 0 saturated carbocycles. The van der Waals surface area contributed by atoms with Crippen LogP contribution in [0.25, 0.3) is 6.08 Å². The quantitative estimate of drug-likeness (QED) is 0.153. The molecule has 0 aliphatic rings. The summed E-state index contributed by atoms with van der Waals surface area (Å²) in [6.07, 6.45) is 1.51. The molecular formula is C25H18BrIN2O4. The number of methoxy groups -OCH3 is 1. The molecule has 0 bridgehead atoms. The highest BCUT2D eigenvalue weighted by atomic mass is 127. The Hall–Kier alpha value is -3.16. The number of ether oxygens (including phenoxy) is 2. The summed E-state index contributed by atoms with van der Waals surface area (Å²) in [7, 11) is 1.30. The van der Waals surface area contributed by atoms with E-state index >= 15 is 0 Å². The molecule has 0 aliphatic heterocycles. The molecule has 166 valence electrons. The van der Waals surface area contributed by atoms with Gasteiger partial charge in [-0.3, -0.25) is 4.79 Å². The van der Waals surface area contributed by atoms with Gasteiger partial charge in [0.05, 0.1) is 16.2 Å². The van der Waals surface area contributed by atoms with E-state index in [1.807, 2.05) is 42.5 Å². The van der Waals surface area contributed by atoms with Crippen LogP contribution in [0.3, 0.4) is 0 Å². The lowest BCUT2D eigenvalue weighted by Crippen LogP contribution is -2.13. The number of halogens is 2. The summed E-state index contributed by atoms with van der Waals surface area (Å²) in [6.45, 7) is 0.430. The zero-order valence-electron chi connectivity index (χ0n) is 17.5. The first-order valence-electron chi connectivity index (χ1n) is 9.68. The minimum absolute atomic E-state index is 0.0497. The fraction of sp³-hybridized carbons (Fsp3) is 0.0800. The molecule has 8 heteroatoms. The standard InChI is InChI=1S/C25H18BrIN2O4/c1-32-25(31)18-5-9-21(10-6-18)29-24(30)19(14-28)12-17-4-11-23(22(27)13-17)33-15-16-2-7-20(26)8-3-16/h2-13H,15H2,1H3,(H,29,30)/b19-12+. The van der Waals surface area contributed by atoms with E-state index in [1.54, 1.807) is 18.2 Å². The maximum atomic E-state index is 12.5. The van der Waals surface area contributed by atoms with Crippen LogP contribution in [0, 0.1) is 14.9 Å². The Kier molecular flexibility index (Phi) is 8.63. The molecule has 0 spiro atoms. The van der Waals surface area contributed by atoms with Crippen LogP contribution in [0.4, 0.5) is 5.69 Å². The van der Waals surface area contributed by atoms with Gasteiger partial charge in [-0.05, 0) is 88.3 Å². The number of amides is 1. The van der Waals surface area contributed by atoms with Gasteiger partial charge in [-0.1, -0.05) is 34.1 Å². The number of nitrogens with zero attached hydrogens (tertiary/aromatic N) is 1. The number of carbonyl (C=O) groups is 2. The first kappa shape index (κ1) is 24.5.